The van der Waals surface area contributed by atoms with Gasteiger partial charge in [-0.15, -0.1) is 11.3 Å². The van der Waals surface area contributed by atoms with Gasteiger partial charge in [0.2, 0.25) is 0 Å². The summed E-state index contributed by atoms with van der Waals surface area (Å²) < 4.78 is 5.32. The number of para-hydroxylation sites is 2. The molecule has 2 heterocycles. The number of benzene rings is 9. The molecule has 0 N–H and O–H groups in total. The molecule has 0 aliphatic heterocycles. The summed E-state index contributed by atoms with van der Waals surface area (Å²) in [7, 11) is 0. The van der Waals surface area contributed by atoms with E-state index in [0.717, 1.165) is 11.8 Å². The highest BCUT2D eigenvalue weighted by Crippen LogP contribution is 2.75. The molecule has 5 atom stereocenters. The number of hydrogen-bond acceptors (Lipinski definition) is 2. The van der Waals surface area contributed by atoms with Crippen LogP contribution in [-0.2, 0) is 5.41 Å². The third-order valence-electron chi connectivity index (χ3n) is 16.3. The van der Waals surface area contributed by atoms with Crippen molar-refractivity contribution >= 4 is 81.1 Å². The summed E-state index contributed by atoms with van der Waals surface area (Å²) in [5.74, 6) is 2.80. The van der Waals surface area contributed by atoms with Gasteiger partial charge in [-0.3, -0.25) is 0 Å². The molecule has 5 aliphatic carbocycles. The number of hydrogen-bond donors (Lipinski definition) is 0. The Kier molecular flexibility index (Phi) is 7.25. The van der Waals surface area contributed by atoms with Crippen molar-refractivity contribution in [1.82, 2.24) is 4.57 Å². The first-order valence-electron chi connectivity index (χ1n) is 23.3. The van der Waals surface area contributed by atoms with Crippen molar-refractivity contribution in [3.05, 3.63) is 205 Å². The van der Waals surface area contributed by atoms with Gasteiger partial charge in [0.1, 0.15) is 0 Å². The average molecular weight is 837 g/mol. The fourth-order valence-corrected chi connectivity index (χ4v) is 15.2. The first-order valence-corrected chi connectivity index (χ1v) is 24.1. The van der Waals surface area contributed by atoms with Gasteiger partial charge in [-0.1, -0.05) is 127 Å². The van der Waals surface area contributed by atoms with Crippen molar-refractivity contribution in [2.75, 3.05) is 4.90 Å². The first-order chi connectivity index (χ1) is 31.7. The molecule has 11 aromatic rings. The smallest absolute Gasteiger partial charge is 0.0541 e. The third-order valence-corrected chi connectivity index (χ3v) is 17.5. The van der Waals surface area contributed by atoms with Crippen LogP contribution in [0.5, 0.6) is 0 Å². The Hall–Kier alpha value is -6.94. The van der Waals surface area contributed by atoms with Gasteiger partial charge in [-0.2, -0.15) is 0 Å². The van der Waals surface area contributed by atoms with E-state index in [0.29, 0.717) is 11.8 Å². The molecule has 9 aromatic carbocycles. The lowest BCUT2D eigenvalue weighted by atomic mass is 9.58. The average Bonchev–Trinajstić information content (AvgIpc) is 4.11. The summed E-state index contributed by atoms with van der Waals surface area (Å²) in [4.78, 5) is 2.62. The number of anilines is 3. The predicted octanol–water partition coefficient (Wildman–Crippen LogP) is 16.8. The maximum atomic E-state index is 2.63. The highest BCUT2D eigenvalue weighted by atomic mass is 32.1. The molecule has 2 aromatic heterocycles. The van der Waals surface area contributed by atoms with Crippen molar-refractivity contribution in [3.8, 4) is 27.9 Å². The maximum absolute atomic E-state index is 2.63. The van der Waals surface area contributed by atoms with Crippen LogP contribution < -0.4 is 4.90 Å². The molecule has 0 radical (unpaired) electrons. The standard InChI is InChI=1S/C61H44N2S/c1-2-12-40-35-45(29-25-38(40)11-1)62(44-27-23-39(24-28-44)41-26-30-58-51(36-41)48-15-5-8-22-57(48)64-58)55-20-9-16-49-50-17-10-21-56(63-53-18-6-3-13-46(53)47-14-4-7-19-54(47)63)60(50)61(59(49)55)43-32-37-31-42(34-43)52(61)33-37/h1-30,35-37,42-43,52H,31-34H2. The van der Waals surface area contributed by atoms with E-state index >= 15 is 0 Å². The lowest BCUT2D eigenvalue weighted by Gasteiger charge is -2.46. The Labute approximate surface area is 376 Å². The largest absolute Gasteiger partial charge is 0.310 e. The second kappa shape index (κ2) is 13.1. The molecule has 5 unspecified atom stereocenters. The number of rotatable bonds is 5. The predicted molar refractivity (Wildman–Crippen MR) is 270 cm³/mol. The van der Waals surface area contributed by atoms with Crippen molar-refractivity contribution in [3.63, 3.8) is 0 Å². The molecule has 4 saturated carbocycles. The normalized spacial score (nSPS) is 21.6. The Morgan fingerprint density at radius 1 is 0.469 bits per heavy atom. The Balaban J connectivity index is 0.970. The van der Waals surface area contributed by atoms with Gasteiger partial charge in [0, 0.05) is 47.7 Å². The van der Waals surface area contributed by atoms with Crippen LogP contribution in [-0.4, -0.2) is 4.57 Å². The van der Waals surface area contributed by atoms with Crippen LogP contribution in [0.25, 0.3) is 80.7 Å². The van der Waals surface area contributed by atoms with Crippen LogP contribution in [0.2, 0.25) is 0 Å². The molecule has 4 bridgehead atoms. The molecule has 3 heteroatoms. The van der Waals surface area contributed by atoms with E-state index in [1.807, 2.05) is 11.3 Å². The fraction of sp³-hybridized carbons (Fsp3) is 0.148. The van der Waals surface area contributed by atoms with Gasteiger partial charge in [-0.25, -0.2) is 0 Å². The van der Waals surface area contributed by atoms with Crippen LogP contribution in [0.15, 0.2) is 194 Å². The van der Waals surface area contributed by atoms with Gasteiger partial charge in [0.15, 0.2) is 0 Å². The summed E-state index contributed by atoms with van der Waals surface area (Å²) in [6.45, 7) is 0. The van der Waals surface area contributed by atoms with Crippen LogP contribution >= 0.6 is 11.3 Å². The summed E-state index contributed by atoms with van der Waals surface area (Å²) in [5, 5.41) is 7.85. The number of thiophene rings is 1. The number of aromatic nitrogens is 1. The maximum Gasteiger partial charge on any atom is 0.0541 e. The molecule has 4 fully saturated rings. The molecule has 0 amide bonds. The molecule has 1 spiro atoms. The van der Waals surface area contributed by atoms with E-state index in [1.54, 1.807) is 11.1 Å². The SMILES string of the molecule is c1cc2c(c(N(c3ccc(-c4ccc5sc6ccccc6c5c4)cc3)c3ccc4ccccc4c3)c1)C1(c3c-2cccc3-n2c3ccccc3c3ccccc32)C2CC3CC(C2)C1C3. The first kappa shape index (κ1) is 35.5. The molecule has 64 heavy (non-hydrogen) atoms. The zero-order chi connectivity index (χ0) is 41.7. The quantitative estimate of drug-likeness (QED) is 0.168. The van der Waals surface area contributed by atoms with Gasteiger partial charge in [0.25, 0.3) is 0 Å². The molecule has 16 rings (SSSR count). The minimum Gasteiger partial charge on any atom is -0.310 e. The van der Waals surface area contributed by atoms with Gasteiger partial charge in [-0.05, 0) is 160 Å². The van der Waals surface area contributed by atoms with Crippen molar-refractivity contribution in [2.24, 2.45) is 23.7 Å². The van der Waals surface area contributed by atoms with Crippen molar-refractivity contribution in [1.29, 1.82) is 0 Å². The second-order valence-corrected chi connectivity index (χ2v) is 20.3. The lowest BCUT2D eigenvalue weighted by Crippen LogP contribution is -2.42. The topological polar surface area (TPSA) is 8.17 Å². The van der Waals surface area contributed by atoms with E-state index in [1.165, 1.54) is 123 Å². The van der Waals surface area contributed by atoms with Crippen LogP contribution in [0.1, 0.15) is 36.8 Å². The number of nitrogens with zero attached hydrogens (tertiary/aromatic N) is 2. The van der Waals surface area contributed by atoms with E-state index in [9.17, 15) is 0 Å². The highest BCUT2D eigenvalue weighted by Gasteiger charge is 2.67. The Morgan fingerprint density at radius 2 is 1.14 bits per heavy atom. The van der Waals surface area contributed by atoms with E-state index in [2.05, 4.69) is 204 Å². The Morgan fingerprint density at radius 3 is 1.95 bits per heavy atom. The van der Waals surface area contributed by atoms with E-state index < -0.39 is 0 Å². The molecular formula is C61H44N2S. The summed E-state index contributed by atoms with van der Waals surface area (Å²) in [6, 6.07) is 73.9. The highest BCUT2D eigenvalue weighted by molar-refractivity contribution is 7.25. The van der Waals surface area contributed by atoms with Crippen LogP contribution in [0.3, 0.4) is 0 Å². The van der Waals surface area contributed by atoms with Gasteiger partial charge in [0.05, 0.1) is 22.4 Å². The summed E-state index contributed by atoms with van der Waals surface area (Å²) in [6.07, 6.45) is 5.35. The van der Waals surface area contributed by atoms with Crippen LogP contribution in [0.4, 0.5) is 17.1 Å². The third kappa shape index (κ3) is 4.70. The van der Waals surface area contributed by atoms with E-state index in [-0.39, 0.29) is 5.41 Å². The Bertz CT molecular complexity index is 3680. The van der Waals surface area contributed by atoms with Crippen LogP contribution in [0, 0.1) is 23.7 Å². The monoisotopic (exact) mass is 836 g/mol. The minimum atomic E-state index is -0.101. The van der Waals surface area contributed by atoms with E-state index in [4.69, 9.17) is 0 Å². The summed E-state index contributed by atoms with van der Waals surface area (Å²) in [5.41, 5.74) is 16.0. The van der Waals surface area contributed by atoms with Crippen molar-refractivity contribution < 1.29 is 0 Å². The zero-order valence-electron chi connectivity index (χ0n) is 35.4. The minimum absolute atomic E-state index is 0.101. The molecule has 5 aliphatic rings. The molecule has 2 nitrogen and oxygen atoms in total. The molecule has 304 valence electrons. The second-order valence-electron chi connectivity index (χ2n) is 19.2. The molecule has 0 saturated heterocycles. The lowest BCUT2D eigenvalue weighted by molar-refractivity contribution is 0.191. The zero-order valence-corrected chi connectivity index (χ0v) is 36.2. The van der Waals surface area contributed by atoms with Crippen molar-refractivity contribution in [2.45, 2.75) is 31.1 Å². The number of fused-ring (bicyclic) bond motifs is 10. The summed E-state index contributed by atoms with van der Waals surface area (Å²) >= 11 is 1.88. The fourth-order valence-electron chi connectivity index (χ4n) is 14.1. The molecular weight excluding hydrogens is 793 g/mol. The van der Waals surface area contributed by atoms with Gasteiger partial charge < -0.3 is 9.47 Å². The van der Waals surface area contributed by atoms with Gasteiger partial charge >= 0.3 is 0 Å².